The van der Waals surface area contributed by atoms with E-state index in [0.717, 1.165) is 5.56 Å². The highest BCUT2D eigenvalue weighted by molar-refractivity contribution is 5.67. The molecule has 2 rings (SSSR count). The predicted octanol–water partition coefficient (Wildman–Crippen LogP) is 1.67. The number of aliphatic carboxylic acids is 1. The molecule has 0 aliphatic rings. The van der Waals surface area contributed by atoms with E-state index in [1.54, 1.807) is 0 Å². The lowest BCUT2D eigenvalue weighted by Gasteiger charge is -2.06. The fourth-order valence-electron chi connectivity index (χ4n) is 1.74. The van der Waals surface area contributed by atoms with Crippen molar-refractivity contribution in [3.8, 4) is 5.75 Å². The first-order valence-corrected chi connectivity index (χ1v) is 6.53. The molecule has 2 aromatic rings. The van der Waals surface area contributed by atoms with Crippen LogP contribution in [0.15, 0.2) is 35.3 Å². The molecule has 110 valence electrons. The molecule has 0 radical (unpaired) electrons. The standard InChI is InChI=1S/C15H16N2O4/c1-10-2-5-12(6-3-10)21-9-13-16-8-11(15(20)17-13)4-7-14(18)19/h2-3,5-6,8H,4,7,9H2,1H3,(H,18,19)(H,16,17,20). The molecule has 0 saturated carbocycles. The van der Waals surface area contributed by atoms with Gasteiger partial charge in [-0.3, -0.25) is 9.59 Å². The quantitative estimate of drug-likeness (QED) is 0.843. The molecule has 6 nitrogen and oxygen atoms in total. The van der Waals surface area contributed by atoms with E-state index in [1.807, 2.05) is 31.2 Å². The van der Waals surface area contributed by atoms with Gasteiger partial charge in [0.1, 0.15) is 18.2 Å². The Balaban J connectivity index is 1.98. The number of ether oxygens (including phenoxy) is 1. The number of carboxylic acids is 1. The van der Waals surface area contributed by atoms with Crippen LogP contribution in [-0.2, 0) is 17.8 Å². The third-order valence-electron chi connectivity index (χ3n) is 2.93. The fourth-order valence-corrected chi connectivity index (χ4v) is 1.74. The largest absolute Gasteiger partial charge is 0.486 e. The second-order valence-electron chi connectivity index (χ2n) is 4.68. The van der Waals surface area contributed by atoms with E-state index in [2.05, 4.69) is 9.97 Å². The van der Waals surface area contributed by atoms with Gasteiger partial charge in [-0.25, -0.2) is 4.98 Å². The van der Waals surface area contributed by atoms with Gasteiger partial charge in [0.25, 0.3) is 5.56 Å². The van der Waals surface area contributed by atoms with Crippen LogP contribution in [0.25, 0.3) is 0 Å². The molecule has 1 aromatic carbocycles. The van der Waals surface area contributed by atoms with Gasteiger partial charge in [-0.15, -0.1) is 0 Å². The molecule has 0 atom stereocenters. The zero-order valence-electron chi connectivity index (χ0n) is 11.6. The van der Waals surface area contributed by atoms with E-state index < -0.39 is 5.97 Å². The van der Waals surface area contributed by atoms with E-state index in [4.69, 9.17) is 9.84 Å². The zero-order chi connectivity index (χ0) is 15.2. The van der Waals surface area contributed by atoms with E-state index in [1.165, 1.54) is 6.20 Å². The van der Waals surface area contributed by atoms with Crippen LogP contribution in [0.4, 0.5) is 0 Å². The van der Waals surface area contributed by atoms with Crippen molar-refractivity contribution in [2.45, 2.75) is 26.4 Å². The summed E-state index contributed by atoms with van der Waals surface area (Å²) < 4.78 is 5.51. The van der Waals surface area contributed by atoms with Gasteiger partial charge in [-0.2, -0.15) is 0 Å². The molecule has 6 heteroatoms. The minimum atomic E-state index is -0.943. The number of hydrogen-bond donors (Lipinski definition) is 2. The number of nitrogens with one attached hydrogen (secondary N) is 1. The lowest BCUT2D eigenvalue weighted by molar-refractivity contribution is -0.136. The van der Waals surface area contributed by atoms with E-state index in [-0.39, 0.29) is 25.0 Å². The van der Waals surface area contributed by atoms with Crippen LogP contribution in [0.2, 0.25) is 0 Å². The molecule has 0 unspecified atom stereocenters. The van der Waals surface area contributed by atoms with Crippen molar-refractivity contribution in [2.75, 3.05) is 0 Å². The third kappa shape index (κ3) is 4.45. The van der Waals surface area contributed by atoms with Crippen LogP contribution < -0.4 is 10.3 Å². The molecule has 0 aliphatic heterocycles. The number of aryl methyl sites for hydroxylation is 2. The van der Waals surface area contributed by atoms with Gasteiger partial charge in [0.05, 0.1) is 0 Å². The molecule has 1 heterocycles. The first-order chi connectivity index (χ1) is 10.0. The van der Waals surface area contributed by atoms with Crippen molar-refractivity contribution < 1.29 is 14.6 Å². The Morgan fingerprint density at radius 2 is 2.05 bits per heavy atom. The summed E-state index contributed by atoms with van der Waals surface area (Å²) in [6, 6.07) is 7.55. The van der Waals surface area contributed by atoms with Crippen molar-refractivity contribution in [3.05, 3.63) is 57.8 Å². The molecule has 1 aromatic heterocycles. The lowest BCUT2D eigenvalue weighted by Crippen LogP contribution is -2.18. The molecule has 0 saturated heterocycles. The molecule has 21 heavy (non-hydrogen) atoms. The molecule has 2 N–H and O–H groups in total. The van der Waals surface area contributed by atoms with Crippen LogP contribution in [0, 0.1) is 6.92 Å². The highest BCUT2D eigenvalue weighted by Gasteiger charge is 2.06. The van der Waals surface area contributed by atoms with Crippen molar-refractivity contribution in [2.24, 2.45) is 0 Å². The molecular weight excluding hydrogens is 272 g/mol. The fraction of sp³-hybridized carbons (Fsp3) is 0.267. The van der Waals surface area contributed by atoms with Crippen molar-refractivity contribution in [1.82, 2.24) is 9.97 Å². The minimum absolute atomic E-state index is 0.0933. The smallest absolute Gasteiger partial charge is 0.303 e. The number of rotatable bonds is 6. The van der Waals surface area contributed by atoms with E-state index in [9.17, 15) is 9.59 Å². The topological polar surface area (TPSA) is 92.3 Å². The summed E-state index contributed by atoms with van der Waals surface area (Å²) in [6.45, 7) is 2.14. The predicted molar refractivity (Wildman–Crippen MR) is 76.3 cm³/mol. The van der Waals surface area contributed by atoms with Gasteiger partial charge >= 0.3 is 5.97 Å². The van der Waals surface area contributed by atoms with Crippen LogP contribution in [0.3, 0.4) is 0 Å². The van der Waals surface area contributed by atoms with Crippen LogP contribution in [-0.4, -0.2) is 21.0 Å². The Morgan fingerprint density at radius 3 is 2.67 bits per heavy atom. The highest BCUT2D eigenvalue weighted by atomic mass is 16.5. The molecule has 0 bridgehead atoms. The summed E-state index contributed by atoms with van der Waals surface area (Å²) in [5.41, 5.74) is 1.17. The molecular formula is C15H16N2O4. The molecule has 0 spiro atoms. The number of benzene rings is 1. The summed E-state index contributed by atoms with van der Waals surface area (Å²) in [7, 11) is 0. The maximum atomic E-state index is 11.8. The third-order valence-corrected chi connectivity index (χ3v) is 2.93. The zero-order valence-corrected chi connectivity index (χ0v) is 11.6. The van der Waals surface area contributed by atoms with Crippen LogP contribution in [0.5, 0.6) is 5.75 Å². The summed E-state index contributed by atoms with van der Waals surface area (Å²) in [5, 5.41) is 8.60. The summed E-state index contributed by atoms with van der Waals surface area (Å²) >= 11 is 0. The summed E-state index contributed by atoms with van der Waals surface area (Å²) in [4.78, 5) is 28.9. The number of nitrogens with zero attached hydrogens (tertiary/aromatic N) is 1. The van der Waals surface area contributed by atoms with Gasteiger partial charge in [-0.05, 0) is 25.5 Å². The highest BCUT2D eigenvalue weighted by Crippen LogP contribution is 2.12. The van der Waals surface area contributed by atoms with Gasteiger partial charge in [-0.1, -0.05) is 17.7 Å². The second kappa shape index (κ2) is 6.69. The maximum Gasteiger partial charge on any atom is 0.303 e. The van der Waals surface area contributed by atoms with Crippen molar-refractivity contribution in [3.63, 3.8) is 0 Å². The van der Waals surface area contributed by atoms with E-state index >= 15 is 0 Å². The first-order valence-electron chi connectivity index (χ1n) is 6.53. The van der Waals surface area contributed by atoms with Gasteiger partial charge in [0.2, 0.25) is 0 Å². The Hall–Kier alpha value is -2.63. The average Bonchev–Trinajstić information content (AvgIpc) is 2.45. The lowest BCUT2D eigenvalue weighted by atomic mass is 10.2. The van der Waals surface area contributed by atoms with Crippen LogP contribution in [0.1, 0.15) is 23.4 Å². The van der Waals surface area contributed by atoms with Crippen molar-refractivity contribution >= 4 is 5.97 Å². The number of carbonyl (C=O) groups is 1. The Morgan fingerprint density at radius 1 is 1.33 bits per heavy atom. The maximum absolute atomic E-state index is 11.8. The Bertz CT molecular complexity index is 677. The molecule has 0 aliphatic carbocycles. The average molecular weight is 288 g/mol. The number of aromatic amines is 1. The summed E-state index contributed by atoms with van der Waals surface area (Å²) in [6.07, 6.45) is 1.47. The first kappa shape index (κ1) is 14.8. The van der Waals surface area contributed by atoms with Crippen molar-refractivity contribution in [1.29, 1.82) is 0 Å². The van der Waals surface area contributed by atoms with Gasteiger partial charge < -0.3 is 14.8 Å². The van der Waals surface area contributed by atoms with Gasteiger partial charge in [0, 0.05) is 18.2 Å². The second-order valence-corrected chi connectivity index (χ2v) is 4.68. The van der Waals surface area contributed by atoms with E-state index in [0.29, 0.717) is 17.1 Å². The SMILES string of the molecule is Cc1ccc(OCc2ncc(CCC(=O)O)c(=O)[nH]2)cc1. The van der Waals surface area contributed by atoms with Crippen LogP contribution >= 0.6 is 0 Å². The normalized spacial score (nSPS) is 10.3. The number of aromatic nitrogens is 2. The Kier molecular flexibility index (Phi) is 4.71. The minimum Gasteiger partial charge on any atom is -0.486 e. The number of H-pyrrole nitrogens is 1. The monoisotopic (exact) mass is 288 g/mol. The van der Waals surface area contributed by atoms with Gasteiger partial charge in [0.15, 0.2) is 0 Å². The summed E-state index contributed by atoms with van der Waals surface area (Å²) in [5.74, 6) is 0.152. The Labute approximate surface area is 121 Å². The molecule has 0 fully saturated rings. The molecule has 0 amide bonds. The number of carboxylic acid groups (broad SMARTS) is 1. The number of hydrogen-bond acceptors (Lipinski definition) is 4.